The topological polar surface area (TPSA) is 75.8 Å². The van der Waals surface area contributed by atoms with Crippen molar-refractivity contribution >= 4 is 17.3 Å². The second-order valence-electron chi connectivity index (χ2n) is 5.45. The van der Waals surface area contributed by atoms with E-state index in [0.717, 1.165) is 0 Å². The SMILES string of the molecule is CCC(C(=O)O)N1CC(C)(C)Oc2cccc(N)c21. The van der Waals surface area contributed by atoms with E-state index in [9.17, 15) is 9.90 Å². The minimum atomic E-state index is -0.839. The number of anilines is 2. The number of rotatable bonds is 3. The number of carboxylic acid groups (broad SMARTS) is 1. The van der Waals surface area contributed by atoms with Crippen LogP contribution in [0.25, 0.3) is 0 Å². The molecule has 1 heterocycles. The molecule has 0 bridgehead atoms. The number of nitrogens with zero attached hydrogens (tertiary/aromatic N) is 1. The van der Waals surface area contributed by atoms with E-state index in [4.69, 9.17) is 10.5 Å². The number of carboxylic acids is 1. The van der Waals surface area contributed by atoms with E-state index in [0.29, 0.717) is 30.1 Å². The lowest BCUT2D eigenvalue weighted by atomic mass is 10.0. The first-order valence-corrected chi connectivity index (χ1v) is 6.42. The Bertz CT molecular complexity index is 499. The number of benzene rings is 1. The van der Waals surface area contributed by atoms with E-state index in [1.54, 1.807) is 6.07 Å². The van der Waals surface area contributed by atoms with Gasteiger partial charge < -0.3 is 20.5 Å². The van der Waals surface area contributed by atoms with Crippen molar-refractivity contribution in [1.29, 1.82) is 0 Å². The van der Waals surface area contributed by atoms with Gasteiger partial charge in [-0.15, -0.1) is 0 Å². The molecule has 0 spiro atoms. The van der Waals surface area contributed by atoms with E-state index >= 15 is 0 Å². The Labute approximate surface area is 113 Å². The highest BCUT2D eigenvalue weighted by Crippen LogP contribution is 2.42. The second kappa shape index (κ2) is 4.64. The first-order chi connectivity index (χ1) is 8.85. The summed E-state index contributed by atoms with van der Waals surface area (Å²) in [6, 6.07) is 4.82. The molecule has 104 valence electrons. The second-order valence-corrected chi connectivity index (χ2v) is 5.45. The molecule has 0 aromatic heterocycles. The molecule has 1 unspecified atom stereocenters. The van der Waals surface area contributed by atoms with Gasteiger partial charge in [-0.2, -0.15) is 0 Å². The van der Waals surface area contributed by atoms with Gasteiger partial charge in [0, 0.05) is 0 Å². The summed E-state index contributed by atoms with van der Waals surface area (Å²) < 4.78 is 5.89. The molecule has 5 nitrogen and oxygen atoms in total. The molecule has 1 aliphatic rings. The van der Waals surface area contributed by atoms with Gasteiger partial charge in [0.05, 0.1) is 12.2 Å². The molecular formula is C14H20N2O3. The Morgan fingerprint density at radius 1 is 1.58 bits per heavy atom. The largest absolute Gasteiger partial charge is 0.484 e. The molecule has 0 radical (unpaired) electrons. The van der Waals surface area contributed by atoms with Gasteiger partial charge in [-0.25, -0.2) is 4.79 Å². The fraction of sp³-hybridized carbons (Fsp3) is 0.500. The Morgan fingerprint density at radius 2 is 2.26 bits per heavy atom. The minimum Gasteiger partial charge on any atom is -0.484 e. The maximum Gasteiger partial charge on any atom is 0.326 e. The fourth-order valence-corrected chi connectivity index (χ4v) is 2.54. The van der Waals surface area contributed by atoms with Crippen LogP contribution in [-0.4, -0.2) is 29.3 Å². The van der Waals surface area contributed by atoms with Crippen molar-refractivity contribution < 1.29 is 14.6 Å². The Kier molecular flexibility index (Phi) is 3.30. The first-order valence-electron chi connectivity index (χ1n) is 6.42. The van der Waals surface area contributed by atoms with Crippen molar-refractivity contribution in [3.63, 3.8) is 0 Å². The van der Waals surface area contributed by atoms with Gasteiger partial charge in [-0.05, 0) is 32.4 Å². The quantitative estimate of drug-likeness (QED) is 0.818. The zero-order valence-electron chi connectivity index (χ0n) is 11.5. The van der Waals surface area contributed by atoms with Crippen LogP contribution in [0.4, 0.5) is 11.4 Å². The van der Waals surface area contributed by atoms with Gasteiger partial charge in [-0.1, -0.05) is 13.0 Å². The maximum absolute atomic E-state index is 11.4. The molecule has 1 aromatic carbocycles. The highest BCUT2D eigenvalue weighted by Gasteiger charge is 2.38. The van der Waals surface area contributed by atoms with E-state index in [-0.39, 0.29) is 0 Å². The van der Waals surface area contributed by atoms with Gasteiger partial charge in [0.15, 0.2) is 0 Å². The zero-order chi connectivity index (χ0) is 14.2. The van der Waals surface area contributed by atoms with Gasteiger partial charge in [0.25, 0.3) is 0 Å². The van der Waals surface area contributed by atoms with Crippen molar-refractivity contribution in [2.75, 3.05) is 17.2 Å². The average molecular weight is 264 g/mol. The lowest BCUT2D eigenvalue weighted by molar-refractivity contribution is -0.138. The molecule has 3 N–H and O–H groups in total. The molecule has 2 rings (SSSR count). The van der Waals surface area contributed by atoms with Crippen molar-refractivity contribution in [1.82, 2.24) is 0 Å². The van der Waals surface area contributed by atoms with Crippen LogP contribution in [0.15, 0.2) is 18.2 Å². The number of nitrogens with two attached hydrogens (primary N) is 1. The van der Waals surface area contributed by atoms with E-state index in [1.165, 1.54) is 0 Å². The van der Waals surface area contributed by atoms with Gasteiger partial charge in [-0.3, -0.25) is 0 Å². The first kappa shape index (κ1) is 13.5. The monoisotopic (exact) mass is 264 g/mol. The van der Waals surface area contributed by atoms with Crippen molar-refractivity contribution in [3.05, 3.63) is 18.2 Å². The van der Waals surface area contributed by atoms with Crippen LogP contribution in [0.5, 0.6) is 5.75 Å². The number of aliphatic carboxylic acids is 1. The zero-order valence-corrected chi connectivity index (χ0v) is 11.5. The van der Waals surface area contributed by atoms with Gasteiger partial charge in [0.1, 0.15) is 23.1 Å². The average Bonchev–Trinajstić information content (AvgIpc) is 2.27. The minimum absolute atomic E-state index is 0.441. The number of fused-ring (bicyclic) bond motifs is 1. The molecule has 1 aliphatic heterocycles. The third kappa shape index (κ3) is 2.45. The molecule has 1 aromatic rings. The lowest BCUT2D eigenvalue weighted by Crippen LogP contribution is -2.53. The van der Waals surface area contributed by atoms with Crippen LogP contribution in [-0.2, 0) is 4.79 Å². The number of nitrogen functional groups attached to an aromatic ring is 1. The molecule has 19 heavy (non-hydrogen) atoms. The Balaban J connectivity index is 2.52. The number of ether oxygens (including phenoxy) is 1. The number of hydrogen-bond donors (Lipinski definition) is 2. The van der Waals surface area contributed by atoms with Crippen LogP contribution >= 0.6 is 0 Å². The maximum atomic E-state index is 11.4. The molecule has 0 fully saturated rings. The lowest BCUT2D eigenvalue weighted by Gasteiger charge is -2.43. The van der Waals surface area contributed by atoms with Gasteiger partial charge in [0.2, 0.25) is 0 Å². The highest BCUT2D eigenvalue weighted by atomic mass is 16.5. The smallest absolute Gasteiger partial charge is 0.326 e. The molecule has 1 atom stereocenters. The summed E-state index contributed by atoms with van der Waals surface area (Å²) in [4.78, 5) is 13.3. The standard InChI is InChI=1S/C14H20N2O3/c1-4-10(13(17)18)16-8-14(2,3)19-11-7-5-6-9(15)12(11)16/h5-7,10H,4,8,15H2,1-3H3,(H,17,18). The molecule has 0 saturated heterocycles. The summed E-state index contributed by atoms with van der Waals surface area (Å²) in [5.74, 6) is -0.189. The van der Waals surface area contributed by atoms with Crippen LogP contribution in [0.3, 0.4) is 0 Å². The number of carbonyl (C=O) groups is 1. The van der Waals surface area contributed by atoms with Crippen LogP contribution in [0, 0.1) is 0 Å². The fourth-order valence-electron chi connectivity index (χ4n) is 2.54. The summed E-state index contributed by atoms with van der Waals surface area (Å²) in [7, 11) is 0. The van der Waals surface area contributed by atoms with Crippen LogP contribution < -0.4 is 15.4 Å². The Hall–Kier alpha value is -1.91. The summed E-state index contributed by atoms with van der Waals surface area (Å²) >= 11 is 0. The normalized spacial score (nSPS) is 18.4. The molecule has 0 saturated carbocycles. The third-order valence-electron chi connectivity index (χ3n) is 3.30. The summed E-state index contributed by atoms with van der Waals surface area (Å²) in [5, 5.41) is 9.39. The predicted molar refractivity (Wildman–Crippen MR) is 74.6 cm³/mol. The van der Waals surface area contributed by atoms with E-state index in [2.05, 4.69) is 0 Å². The summed E-state index contributed by atoms with van der Waals surface area (Å²) in [6.45, 7) is 6.25. The molecular weight excluding hydrogens is 244 g/mol. The van der Waals surface area contributed by atoms with Crippen LogP contribution in [0.1, 0.15) is 27.2 Å². The van der Waals surface area contributed by atoms with Crippen molar-refractivity contribution in [3.8, 4) is 5.75 Å². The summed E-state index contributed by atoms with van der Waals surface area (Å²) in [6.07, 6.45) is 0.513. The van der Waals surface area contributed by atoms with E-state index < -0.39 is 17.6 Å². The van der Waals surface area contributed by atoms with E-state index in [1.807, 2.05) is 37.8 Å². The van der Waals surface area contributed by atoms with Gasteiger partial charge >= 0.3 is 5.97 Å². The highest BCUT2D eigenvalue weighted by molar-refractivity contribution is 5.84. The molecule has 5 heteroatoms. The predicted octanol–water partition coefficient (Wildman–Crippen LogP) is 2.11. The summed E-state index contributed by atoms with van der Waals surface area (Å²) in [5.41, 5.74) is 6.80. The number of para-hydroxylation sites is 1. The molecule has 0 amide bonds. The third-order valence-corrected chi connectivity index (χ3v) is 3.30. The number of hydrogen-bond acceptors (Lipinski definition) is 4. The van der Waals surface area contributed by atoms with Crippen LogP contribution in [0.2, 0.25) is 0 Å². The Morgan fingerprint density at radius 3 is 2.84 bits per heavy atom. The molecule has 0 aliphatic carbocycles. The van der Waals surface area contributed by atoms with Crippen molar-refractivity contribution in [2.45, 2.75) is 38.8 Å². The van der Waals surface area contributed by atoms with Crippen molar-refractivity contribution in [2.24, 2.45) is 0 Å².